The minimum absolute atomic E-state index is 0.209. The number of para-hydroxylation sites is 1. The molecule has 1 aromatic carbocycles. The molecule has 1 aliphatic heterocycles. The van der Waals surface area contributed by atoms with Crippen molar-refractivity contribution in [3.63, 3.8) is 0 Å². The fourth-order valence-electron chi connectivity index (χ4n) is 2.80. The van der Waals surface area contributed by atoms with Gasteiger partial charge in [0.25, 0.3) is 0 Å². The zero-order valence-corrected chi connectivity index (χ0v) is 11.8. The molecule has 1 fully saturated rings. The number of carboxylic acid groups (broad SMARTS) is 1. The molecule has 0 bridgehead atoms. The van der Waals surface area contributed by atoms with Gasteiger partial charge in [-0.2, -0.15) is 0 Å². The Morgan fingerprint density at radius 3 is 2.86 bits per heavy atom. The molecule has 0 amide bonds. The maximum Gasteiger partial charge on any atom is 0.340 e. The van der Waals surface area contributed by atoms with Crippen molar-refractivity contribution in [3.05, 3.63) is 35.6 Å². The van der Waals surface area contributed by atoms with Crippen molar-refractivity contribution in [1.82, 2.24) is 5.32 Å². The number of nitrogens with one attached hydrogen (secondary N) is 1. The van der Waals surface area contributed by atoms with Gasteiger partial charge in [0.1, 0.15) is 23.5 Å². The lowest BCUT2D eigenvalue weighted by Gasteiger charge is -2.22. The van der Waals surface area contributed by atoms with E-state index in [9.17, 15) is 9.90 Å². The van der Waals surface area contributed by atoms with E-state index in [1.54, 1.807) is 12.1 Å². The number of ether oxygens (including phenoxy) is 1. The zero-order chi connectivity index (χ0) is 14.7. The summed E-state index contributed by atoms with van der Waals surface area (Å²) in [6.45, 7) is 2.91. The number of hydrogen-bond donors (Lipinski definition) is 2. The molecule has 112 valence electrons. The quantitative estimate of drug-likeness (QED) is 0.885. The van der Waals surface area contributed by atoms with Gasteiger partial charge < -0.3 is 19.6 Å². The number of furan rings is 1. The van der Waals surface area contributed by atoms with Gasteiger partial charge in [0.15, 0.2) is 0 Å². The largest absolute Gasteiger partial charge is 0.478 e. The highest BCUT2D eigenvalue weighted by atomic mass is 16.5. The summed E-state index contributed by atoms with van der Waals surface area (Å²) in [4.78, 5) is 11.4. The summed E-state index contributed by atoms with van der Waals surface area (Å²) in [5.41, 5.74) is 0.811. The van der Waals surface area contributed by atoms with Crippen LogP contribution in [0.1, 0.15) is 29.0 Å². The van der Waals surface area contributed by atoms with E-state index in [0.717, 1.165) is 25.9 Å². The number of benzene rings is 1. The van der Waals surface area contributed by atoms with Crippen molar-refractivity contribution in [2.24, 2.45) is 5.92 Å². The normalized spacial score (nSPS) is 16.4. The Morgan fingerprint density at radius 1 is 1.33 bits per heavy atom. The Kier molecular flexibility index (Phi) is 4.22. The van der Waals surface area contributed by atoms with Gasteiger partial charge in [0.2, 0.25) is 0 Å². The highest BCUT2D eigenvalue weighted by Gasteiger charge is 2.20. The molecule has 0 atom stereocenters. The van der Waals surface area contributed by atoms with Crippen molar-refractivity contribution >= 4 is 16.9 Å². The predicted octanol–water partition coefficient (Wildman–Crippen LogP) is 2.65. The lowest BCUT2D eigenvalue weighted by Crippen LogP contribution is -2.29. The van der Waals surface area contributed by atoms with Crippen LogP contribution in [0.4, 0.5) is 0 Å². The molecule has 2 aromatic rings. The van der Waals surface area contributed by atoms with Crippen molar-refractivity contribution in [2.45, 2.75) is 19.4 Å². The number of hydrogen-bond acceptors (Lipinski definition) is 4. The first-order valence-electron chi connectivity index (χ1n) is 7.28. The monoisotopic (exact) mass is 289 g/mol. The summed E-state index contributed by atoms with van der Waals surface area (Å²) in [5.74, 6) is -0.0260. The maximum atomic E-state index is 11.4. The van der Waals surface area contributed by atoms with Gasteiger partial charge in [-0.05, 0) is 37.9 Å². The van der Waals surface area contributed by atoms with Gasteiger partial charge in [-0.3, -0.25) is 0 Å². The molecule has 5 heteroatoms. The standard InChI is InChI=1S/C16H19NO4/c18-16(19)15-12-3-1-2-4-13(12)21-14(15)10-20-9-11-5-7-17-8-6-11/h1-4,11,17H,5-10H2,(H,18,19). The third-order valence-electron chi connectivity index (χ3n) is 3.93. The second kappa shape index (κ2) is 6.28. The highest BCUT2D eigenvalue weighted by molar-refractivity contribution is 6.03. The van der Waals surface area contributed by atoms with Gasteiger partial charge >= 0.3 is 5.97 Å². The first kappa shape index (κ1) is 14.1. The van der Waals surface area contributed by atoms with Crippen LogP contribution in [0, 0.1) is 5.92 Å². The van der Waals surface area contributed by atoms with E-state index in [-0.39, 0.29) is 12.2 Å². The van der Waals surface area contributed by atoms with Crippen LogP contribution in [0.15, 0.2) is 28.7 Å². The molecule has 2 heterocycles. The second-order valence-corrected chi connectivity index (χ2v) is 5.41. The summed E-state index contributed by atoms with van der Waals surface area (Å²) >= 11 is 0. The molecule has 3 rings (SSSR count). The molecule has 1 saturated heterocycles. The SMILES string of the molecule is O=C(O)c1c(COCC2CCNCC2)oc2ccccc12. The third kappa shape index (κ3) is 3.09. The molecule has 0 saturated carbocycles. The minimum atomic E-state index is -0.972. The Labute approximate surface area is 122 Å². The third-order valence-corrected chi connectivity index (χ3v) is 3.93. The molecular weight excluding hydrogens is 270 g/mol. The zero-order valence-electron chi connectivity index (χ0n) is 11.8. The summed E-state index contributed by atoms with van der Waals surface area (Å²) in [5, 5.41) is 13.3. The molecule has 21 heavy (non-hydrogen) atoms. The van der Waals surface area contributed by atoms with Crippen LogP contribution in [0.5, 0.6) is 0 Å². The summed E-state index contributed by atoms with van der Waals surface area (Å²) in [6.07, 6.45) is 2.21. The van der Waals surface area contributed by atoms with Crippen LogP contribution in [0.2, 0.25) is 0 Å². The van der Waals surface area contributed by atoms with Crippen LogP contribution >= 0.6 is 0 Å². The van der Waals surface area contributed by atoms with Crippen LogP contribution in [-0.2, 0) is 11.3 Å². The van der Waals surface area contributed by atoms with Crippen LogP contribution < -0.4 is 5.32 Å². The molecule has 5 nitrogen and oxygen atoms in total. The smallest absolute Gasteiger partial charge is 0.340 e. The second-order valence-electron chi connectivity index (χ2n) is 5.41. The summed E-state index contributed by atoms with van der Waals surface area (Å²) in [7, 11) is 0. The van der Waals surface area contributed by atoms with Crippen molar-refractivity contribution < 1.29 is 19.1 Å². The lowest BCUT2D eigenvalue weighted by molar-refractivity contribution is 0.0610. The van der Waals surface area contributed by atoms with Crippen molar-refractivity contribution in [3.8, 4) is 0 Å². The number of rotatable bonds is 5. The van der Waals surface area contributed by atoms with Gasteiger partial charge in [-0.1, -0.05) is 18.2 Å². The fraction of sp³-hybridized carbons (Fsp3) is 0.438. The number of carboxylic acids is 1. The average molecular weight is 289 g/mol. The predicted molar refractivity (Wildman–Crippen MR) is 78.4 cm³/mol. The van der Waals surface area contributed by atoms with Gasteiger partial charge in [-0.25, -0.2) is 4.79 Å². The fourth-order valence-corrected chi connectivity index (χ4v) is 2.80. The number of piperidine rings is 1. The van der Waals surface area contributed by atoms with Crippen molar-refractivity contribution in [2.75, 3.05) is 19.7 Å². The van der Waals surface area contributed by atoms with Gasteiger partial charge in [0.05, 0.1) is 6.61 Å². The maximum absolute atomic E-state index is 11.4. The highest BCUT2D eigenvalue weighted by Crippen LogP contribution is 2.26. The average Bonchev–Trinajstić information content (AvgIpc) is 2.86. The summed E-state index contributed by atoms with van der Waals surface area (Å²) in [6, 6.07) is 7.18. The molecule has 1 aromatic heterocycles. The number of fused-ring (bicyclic) bond motifs is 1. The van der Waals surface area contributed by atoms with E-state index in [1.165, 1.54) is 0 Å². The number of aromatic carboxylic acids is 1. The molecule has 0 spiro atoms. The van der Waals surface area contributed by atoms with E-state index in [2.05, 4.69) is 5.32 Å². The Balaban J connectivity index is 1.71. The van der Waals surface area contributed by atoms with Crippen LogP contribution in [0.3, 0.4) is 0 Å². The van der Waals surface area contributed by atoms with Crippen LogP contribution in [-0.4, -0.2) is 30.8 Å². The first-order valence-corrected chi connectivity index (χ1v) is 7.28. The Morgan fingerprint density at radius 2 is 2.10 bits per heavy atom. The molecule has 0 radical (unpaired) electrons. The van der Waals surface area contributed by atoms with Gasteiger partial charge in [-0.15, -0.1) is 0 Å². The Hall–Kier alpha value is -1.85. The molecule has 0 unspecified atom stereocenters. The molecule has 2 N–H and O–H groups in total. The van der Waals surface area contributed by atoms with E-state index < -0.39 is 5.97 Å². The molecule has 1 aliphatic rings. The van der Waals surface area contributed by atoms with Crippen molar-refractivity contribution in [1.29, 1.82) is 0 Å². The van der Waals surface area contributed by atoms with Gasteiger partial charge in [0, 0.05) is 5.39 Å². The summed E-state index contributed by atoms with van der Waals surface area (Å²) < 4.78 is 11.3. The first-order chi connectivity index (χ1) is 10.3. The van der Waals surface area contributed by atoms with E-state index >= 15 is 0 Å². The molecule has 0 aliphatic carbocycles. The minimum Gasteiger partial charge on any atom is -0.478 e. The van der Waals surface area contributed by atoms with E-state index in [1.807, 2.05) is 12.1 Å². The molecular formula is C16H19NO4. The van der Waals surface area contributed by atoms with E-state index in [4.69, 9.17) is 9.15 Å². The Bertz CT molecular complexity index is 628. The van der Waals surface area contributed by atoms with E-state index in [0.29, 0.717) is 29.3 Å². The lowest BCUT2D eigenvalue weighted by atomic mass is 9.99. The van der Waals surface area contributed by atoms with Crippen LogP contribution in [0.25, 0.3) is 11.0 Å². The topological polar surface area (TPSA) is 71.7 Å². The number of carbonyl (C=O) groups is 1.